The highest BCUT2D eigenvalue weighted by molar-refractivity contribution is 7.91. The third kappa shape index (κ3) is 3.86. The summed E-state index contributed by atoms with van der Waals surface area (Å²) in [5.41, 5.74) is 7.49. The Labute approximate surface area is 119 Å². The minimum Gasteiger partial charge on any atom is -0.399 e. The van der Waals surface area contributed by atoms with Gasteiger partial charge in [0.05, 0.1) is 0 Å². The summed E-state index contributed by atoms with van der Waals surface area (Å²) in [6, 6.07) is 7.60. The minimum atomic E-state index is -3.27. The number of piperazine rings is 1. The molecule has 6 nitrogen and oxygen atoms in total. The lowest BCUT2D eigenvalue weighted by molar-refractivity contribution is -0.128. The molecular formula is C13H19N3O3S. The first kappa shape index (κ1) is 14.6. The van der Waals surface area contributed by atoms with Crippen molar-refractivity contribution in [1.82, 2.24) is 4.90 Å². The molecule has 1 aliphatic rings. The predicted molar refractivity (Wildman–Crippen MR) is 79.4 cm³/mol. The molecule has 0 radical (unpaired) electrons. The fourth-order valence-electron chi connectivity index (χ4n) is 2.25. The smallest absolute Gasteiger partial charge is 0.237 e. The van der Waals surface area contributed by atoms with Gasteiger partial charge in [0, 0.05) is 43.8 Å². The molecule has 1 aliphatic heterocycles. The minimum absolute atomic E-state index is 0.320. The van der Waals surface area contributed by atoms with E-state index in [4.69, 9.17) is 5.73 Å². The Hall–Kier alpha value is -1.76. The summed E-state index contributed by atoms with van der Waals surface area (Å²) in [5, 5.41) is 0. The van der Waals surface area contributed by atoms with Crippen LogP contribution in [0.25, 0.3) is 0 Å². The van der Waals surface area contributed by atoms with E-state index in [1.54, 1.807) is 4.90 Å². The van der Waals surface area contributed by atoms with Crippen LogP contribution in [0.1, 0.15) is 0 Å². The van der Waals surface area contributed by atoms with Gasteiger partial charge in [0.15, 0.2) is 9.84 Å². The Morgan fingerprint density at radius 3 is 2.45 bits per heavy atom. The van der Waals surface area contributed by atoms with E-state index < -0.39 is 15.6 Å². The van der Waals surface area contributed by atoms with E-state index in [0.717, 1.165) is 11.9 Å². The molecule has 0 atom stereocenters. The Bertz CT molecular complexity index is 593. The molecule has 0 saturated carbocycles. The normalized spacial score (nSPS) is 16.2. The molecule has 1 aromatic carbocycles. The van der Waals surface area contributed by atoms with Crippen LogP contribution < -0.4 is 10.6 Å². The maximum atomic E-state index is 11.8. The van der Waals surface area contributed by atoms with Crippen LogP contribution in [0.5, 0.6) is 0 Å². The molecule has 1 fully saturated rings. The molecule has 2 rings (SSSR count). The lowest BCUT2D eigenvalue weighted by Gasteiger charge is -2.36. The molecule has 0 aliphatic carbocycles. The van der Waals surface area contributed by atoms with Crippen molar-refractivity contribution in [1.29, 1.82) is 0 Å². The van der Waals surface area contributed by atoms with Crippen LogP contribution in [-0.2, 0) is 14.6 Å². The molecule has 1 saturated heterocycles. The molecule has 0 spiro atoms. The summed E-state index contributed by atoms with van der Waals surface area (Å²) in [6.07, 6.45) is 1.08. The molecule has 0 unspecified atom stereocenters. The van der Waals surface area contributed by atoms with Gasteiger partial charge in [0.1, 0.15) is 5.75 Å². The number of carbonyl (C=O) groups is 1. The number of hydrogen-bond donors (Lipinski definition) is 1. The van der Waals surface area contributed by atoms with Gasteiger partial charge in [0.25, 0.3) is 0 Å². The molecule has 1 aromatic rings. The maximum Gasteiger partial charge on any atom is 0.237 e. The van der Waals surface area contributed by atoms with Crippen LogP contribution in [0.15, 0.2) is 24.3 Å². The topological polar surface area (TPSA) is 83.7 Å². The Balaban J connectivity index is 1.94. The third-order valence-electron chi connectivity index (χ3n) is 3.25. The Morgan fingerprint density at radius 2 is 1.90 bits per heavy atom. The molecule has 0 bridgehead atoms. The number of amides is 1. The van der Waals surface area contributed by atoms with Crippen molar-refractivity contribution in [3.05, 3.63) is 24.3 Å². The second-order valence-electron chi connectivity index (χ2n) is 5.03. The lowest BCUT2D eigenvalue weighted by Crippen LogP contribution is -2.50. The van der Waals surface area contributed by atoms with E-state index in [0.29, 0.717) is 31.9 Å². The molecule has 2 N–H and O–H groups in total. The number of benzene rings is 1. The van der Waals surface area contributed by atoms with Gasteiger partial charge in [-0.25, -0.2) is 8.42 Å². The van der Waals surface area contributed by atoms with Crippen molar-refractivity contribution in [3.8, 4) is 0 Å². The number of nitrogens with two attached hydrogens (primary N) is 1. The quantitative estimate of drug-likeness (QED) is 0.792. The van der Waals surface area contributed by atoms with Crippen LogP contribution in [0.3, 0.4) is 0 Å². The first-order chi connectivity index (χ1) is 9.35. The number of sulfone groups is 1. The summed E-state index contributed by atoms with van der Waals surface area (Å²) in [7, 11) is -3.27. The van der Waals surface area contributed by atoms with Gasteiger partial charge in [0.2, 0.25) is 5.91 Å². The first-order valence-corrected chi connectivity index (χ1v) is 8.47. The highest BCUT2D eigenvalue weighted by Crippen LogP contribution is 2.19. The van der Waals surface area contributed by atoms with Crippen LogP contribution >= 0.6 is 0 Å². The van der Waals surface area contributed by atoms with Crippen LogP contribution in [0.4, 0.5) is 11.4 Å². The zero-order chi connectivity index (χ0) is 14.8. The van der Waals surface area contributed by atoms with Crippen LogP contribution in [0.2, 0.25) is 0 Å². The third-order valence-corrected chi connectivity index (χ3v) is 4.02. The zero-order valence-electron chi connectivity index (χ0n) is 11.4. The largest absolute Gasteiger partial charge is 0.399 e. The number of nitrogens with zero attached hydrogens (tertiary/aromatic N) is 2. The maximum absolute atomic E-state index is 11.8. The lowest BCUT2D eigenvalue weighted by atomic mass is 10.2. The molecule has 1 amide bonds. The van der Waals surface area contributed by atoms with Gasteiger partial charge in [-0.05, 0) is 18.2 Å². The number of rotatable bonds is 3. The van der Waals surface area contributed by atoms with Crippen molar-refractivity contribution in [3.63, 3.8) is 0 Å². The van der Waals surface area contributed by atoms with Crippen molar-refractivity contribution >= 4 is 27.1 Å². The summed E-state index contributed by atoms with van der Waals surface area (Å²) < 4.78 is 22.3. The highest BCUT2D eigenvalue weighted by Gasteiger charge is 2.23. The fraction of sp³-hybridized carbons (Fsp3) is 0.462. The van der Waals surface area contributed by atoms with Gasteiger partial charge < -0.3 is 15.5 Å². The number of anilines is 2. The Morgan fingerprint density at radius 1 is 1.25 bits per heavy atom. The molecular weight excluding hydrogens is 278 g/mol. The molecule has 7 heteroatoms. The van der Waals surface area contributed by atoms with Crippen LogP contribution in [-0.4, -0.2) is 57.4 Å². The predicted octanol–water partition coefficient (Wildman–Crippen LogP) is -0.0380. The number of carbonyl (C=O) groups excluding carboxylic acids is 1. The van der Waals surface area contributed by atoms with E-state index >= 15 is 0 Å². The summed E-state index contributed by atoms with van der Waals surface area (Å²) in [4.78, 5) is 15.6. The van der Waals surface area contributed by atoms with Crippen molar-refractivity contribution in [2.45, 2.75) is 0 Å². The van der Waals surface area contributed by atoms with Gasteiger partial charge in [-0.15, -0.1) is 0 Å². The van der Waals surface area contributed by atoms with Crippen LogP contribution in [0, 0.1) is 0 Å². The first-order valence-electron chi connectivity index (χ1n) is 6.41. The second kappa shape index (κ2) is 5.70. The summed E-state index contributed by atoms with van der Waals surface area (Å²) in [5.74, 6) is -0.731. The molecule has 110 valence electrons. The van der Waals surface area contributed by atoms with E-state index in [-0.39, 0.29) is 5.91 Å². The molecule has 0 aromatic heterocycles. The van der Waals surface area contributed by atoms with E-state index in [1.165, 1.54) is 0 Å². The average Bonchev–Trinajstić information content (AvgIpc) is 2.37. The molecule has 20 heavy (non-hydrogen) atoms. The van der Waals surface area contributed by atoms with Gasteiger partial charge in [-0.2, -0.15) is 0 Å². The van der Waals surface area contributed by atoms with E-state index in [1.807, 2.05) is 24.3 Å². The highest BCUT2D eigenvalue weighted by atomic mass is 32.2. The van der Waals surface area contributed by atoms with Gasteiger partial charge >= 0.3 is 0 Å². The summed E-state index contributed by atoms with van der Waals surface area (Å²) in [6.45, 7) is 2.42. The van der Waals surface area contributed by atoms with Gasteiger partial charge in [-0.1, -0.05) is 6.07 Å². The number of nitrogen functional groups attached to an aromatic ring is 1. The van der Waals surface area contributed by atoms with Crippen molar-refractivity contribution in [2.24, 2.45) is 0 Å². The Kier molecular flexibility index (Phi) is 4.17. The van der Waals surface area contributed by atoms with Crippen molar-refractivity contribution in [2.75, 3.05) is 48.8 Å². The fourth-order valence-corrected chi connectivity index (χ4v) is 2.88. The second-order valence-corrected chi connectivity index (χ2v) is 7.17. The average molecular weight is 297 g/mol. The standard InChI is InChI=1S/C13H19N3O3S/c1-20(18,19)10-13(17)16-7-5-15(6-8-16)12-4-2-3-11(14)9-12/h2-4,9H,5-8,10,14H2,1H3. The van der Waals surface area contributed by atoms with E-state index in [9.17, 15) is 13.2 Å². The van der Waals surface area contributed by atoms with Crippen molar-refractivity contribution < 1.29 is 13.2 Å². The van der Waals surface area contributed by atoms with Gasteiger partial charge in [-0.3, -0.25) is 4.79 Å². The monoisotopic (exact) mass is 297 g/mol. The zero-order valence-corrected chi connectivity index (χ0v) is 12.3. The van der Waals surface area contributed by atoms with E-state index in [2.05, 4.69) is 4.90 Å². The number of hydrogen-bond acceptors (Lipinski definition) is 5. The summed E-state index contributed by atoms with van der Waals surface area (Å²) >= 11 is 0. The SMILES string of the molecule is CS(=O)(=O)CC(=O)N1CCN(c2cccc(N)c2)CC1. The molecule has 1 heterocycles.